The molecular weight excluding hydrogens is 150 g/mol. The van der Waals surface area contributed by atoms with Crippen molar-refractivity contribution < 1.29 is 9.53 Å². The van der Waals surface area contributed by atoms with Crippen LogP contribution in [0.25, 0.3) is 0 Å². The van der Waals surface area contributed by atoms with Crippen molar-refractivity contribution in [2.45, 2.75) is 13.0 Å². The molecule has 0 aliphatic heterocycles. The Morgan fingerprint density at radius 1 is 1.80 bits per heavy atom. The maximum absolute atomic E-state index is 10.7. The number of rotatable bonds is 3. The molecular formula is C6H13NO2S. The first-order chi connectivity index (χ1) is 4.70. The summed E-state index contributed by atoms with van der Waals surface area (Å²) in [6, 6.07) is 0.102. The number of amides is 1. The Bertz CT molecular complexity index is 108. The van der Waals surface area contributed by atoms with Crippen molar-refractivity contribution in [1.82, 2.24) is 5.32 Å². The average molecular weight is 163 g/mol. The number of ether oxygens (including phenoxy) is 1. The van der Waals surface area contributed by atoms with E-state index in [0.29, 0.717) is 6.61 Å². The van der Waals surface area contributed by atoms with E-state index >= 15 is 0 Å². The summed E-state index contributed by atoms with van der Waals surface area (Å²) >= 11 is 1.17. The number of hydrogen-bond acceptors (Lipinski definition) is 3. The smallest absolute Gasteiger partial charge is 0.279 e. The molecule has 0 aliphatic carbocycles. The van der Waals surface area contributed by atoms with Crippen LogP contribution in [0.1, 0.15) is 6.92 Å². The first kappa shape index (κ1) is 9.78. The quantitative estimate of drug-likeness (QED) is 0.677. The van der Waals surface area contributed by atoms with Gasteiger partial charge in [0.1, 0.15) is 0 Å². The Hall–Kier alpha value is -0.220. The number of methoxy groups -OCH3 is 1. The lowest BCUT2D eigenvalue weighted by molar-refractivity contribution is 0.174. The van der Waals surface area contributed by atoms with Gasteiger partial charge in [0, 0.05) is 7.11 Å². The van der Waals surface area contributed by atoms with Gasteiger partial charge in [-0.05, 0) is 13.2 Å². The minimum absolute atomic E-state index is 0.00968. The van der Waals surface area contributed by atoms with Crippen molar-refractivity contribution in [3.05, 3.63) is 0 Å². The molecule has 1 amide bonds. The van der Waals surface area contributed by atoms with E-state index in [0.717, 1.165) is 0 Å². The van der Waals surface area contributed by atoms with E-state index < -0.39 is 0 Å². The molecule has 1 N–H and O–H groups in total. The first-order valence-corrected chi connectivity index (χ1v) is 4.26. The molecule has 0 aromatic heterocycles. The molecule has 0 aliphatic rings. The highest BCUT2D eigenvalue weighted by Crippen LogP contribution is 1.94. The summed E-state index contributed by atoms with van der Waals surface area (Å²) in [4.78, 5) is 10.7. The Balaban J connectivity index is 3.37. The van der Waals surface area contributed by atoms with Crippen LogP contribution >= 0.6 is 11.8 Å². The molecule has 0 fully saturated rings. The van der Waals surface area contributed by atoms with Crippen molar-refractivity contribution in [2.75, 3.05) is 20.0 Å². The van der Waals surface area contributed by atoms with Crippen molar-refractivity contribution in [3.63, 3.8) is 0 Å². The summed E-state index contributed by atoms with van der Waals surface area (Å²) in [5.41, 5.74) is 0. The van der Waals surface area contributed by atoms with Gasteiger partial charge in [0.05, 0.1) is 12.6 Å². The van der Waals surface area contributed by atoms with Crippen LogP contribution in [-0.2, 0) is 4.74 Å². The first-order valence-electron chi connectivity index (χ1n) is 3.04. The van der Waals surface area contributed by atoms with Gasteiger partial charge in [0.25, 0.3) is 5.24 Å². The molecule has 0 spiro atoms. The lowest BCUT2D eigenvalue weighted by Crippen LogP contribution is -2.32. The van der Waals surface area contributed by atoms with Crippen molar-refractivity contribution >= 4 is 17.0 Å². The van der Waals surface area contributed by atoms with Gasteiger partial charge < -0.3 is 10.1 Å². The minimum atomic E-state index is -0.00968. The third kappa shape index (κ3) is 4.64. The fourth-order valence-electron chi connectivity index (χ4n) is 0.552. The Morgan fingerprint density at radius 2 is 2.40 bits per heavy atom. The van der Waals surface area contributed by atoms with Crippen LogP contribution in [-0.4, -0.2) is 31.3 Å². The molecule has 0 aromatic carbocycles. The molecule has 4 heteroatoms. The second-order valence-electron chi connectivity index (χ2n) is 1.99. The van der Waals surface area contributed by atoms with Gasteiger partial charge in [0.2, 0.25) is 0 Å². The van der Waals surface area contributed by atoms with Gasteiger partial charge in [0.15, 0.2) is 0 Å². The molecule has 0 bridgehead atoms. The molecule has 60 valence electrons. The van der Waals surface area contributed by atoms with E-state index in [9.17, 15) is 4.79 Å². The molecule has 1 unspecified atom stereocenters. The van der Waals surface area contributed by atoms with E-state index in [1.165, 1.54) is 11.8 Å². The van der Waals surface area contributed by atoms with E-state index in [1.54, 1.807) is 13.4 Å². The van der Waals surface area contributed by atoms with Crippen molar-refractivity contribution in [3.8, 4) is 0 Å². The molecule has 0 saturated carbocycles. The fourth-order valence-corrected chi connectivity index (χ4v) is 0.871. The summed E-state index contributed by atoms with van der Waals surface area (Å²) in [7, 11) is 1.61. The summed E-state index contributed by atoms with van der Waals surface area (Å²) < 4.78 is 4.83. The zero-order valence-corrected chi connectivity index (χ0v) is 7.33. The van der Waals surface area contributed by atoms with Crippen LogP contribution < -0.4 is 5.32 Å². The predicted molar refractivity (Wildman–Crippen MR) is 43.4 cm³/mol. The SMILES string of the molecule is COCC(C)NC(=O)SC. The van der Waals surface area contributed by atoms with Gasteiger partial charge in [-0.1, -0.05) is 11.8 Å². The second kappa shape index (κ2) is 5.56. The van der Waals surface area contributed by atoms with Gasteiger partial charge in [-0.3, -0.25) is 4.79 Å². The summed E-state index contributed by atoms with van der Waals surface area (Å²) in [5, 5.41) is 2.72. The summed E-state index contributed by atoms with van der Waals surface area (Å²) in [6.45, 7) is 2.46. The molecule has 0 radical (unpaired) electrons. The molecule has 10 heavy (non-hydrogen) atoms. The topological polar surface area (TPSA) is 38.3 Å². The predicted octanol–water partition coefficient (Wildman–Crippen LogP) is 1.09. The van der Waals surface area contributed by atoms with Gasteiger partial charge in [-0.15, -0.1) is 0 Å². The molecule has 3 nitrogen and oxygen atoms in total. The highest BCUT2D eigenvalue weighted by Gasteiger charge is 2.03. The molecule has 0 aromatic rings. The van der Waals surface area contributed by atoms with Crippen LogP contribution in [0.2, 0.25) is 0 Å². The summed E-state index contributed by atoms with van der Waals surface area (Å²) in [6.07, 6.45) is 1.74. The van der Waals surface area contributed by atoms with E-state index in [1.807, 2.05) is 6.92 Å². The van der Waals surface area contributed by atoms with Crippen LogP contribution in [0.3, 0.4) is 0 Å². The van der Waals surface area contributed by atoms with Crippen LogP contribution in [0.5, 0.6) is 0 Å². The third-order valence-electron chi connectivity index (χ3n) is 0.966. The zero-order chi connectivity index (χ0) is 7.98. The maximum atomic E-state index is 10.7. The van der Waals surface area contributed by atoms with Gasteiger partial charge >= 0.3 is 0 Å². The maximum Gasteiger partial charge on any atom is 0.279 e. The second-order valence-corrected chi connectivity index (χ2v) is 2.77. The Labute approximate surface area is 65.5 Å². The van der Waals surface area contributed by atoms with Gasteiger partial charge in [-0.2, -0.15) is 0 Å². The zero-order valence-electron chi connectivity index (χ0n) is 6.51. The largest absolute Gasteiger partial charge is 0.383 e. The van der Waals surface area contributed by atoms with E-state index in [2.05, 4.69) is 5.32 Å². The lowest BCUT2D eigenvalue weighted by atomic mass is 10.4. The molecule has 1 atom stereocenters. The van der Waals surface area contributed by atoms with Crippen LogP contribution in [0.4, 0.5) is 4.79 Å². The number of nitrogens with one attached hydrogen (secondary N) is 1. The standard InChI is InChI=1S/C6H13NO2S/c1-5(4-9-2)7-6(8)10-3/h5H,4H2,1-3H3,(H,7,8). The Morgan fingerprint density at radius 3 is 2.80 bits per heavy atom. The average Bonchev–Trinajstić information content (AvgIpc) is 1.88. The van der Waals surface area contributed by atoms with Crippen LogP contribution in [0.15, 0.2) is 0 Å². The van der Waals surface area contributed by atoms with E-state index in [4.69, 9.17) is 4.74 Å². The van der Waals surface area contributed by atoms with Crippen LogP contribution in [0, 0.1) is 0 Å². The van der Waals surface area contributed by atoms with Gasteiger partial charge in [-0.25, -0.2) is 0 Å². The highest BCUT2D eigenvalue weighted by molar-refractivity contribution is 8.12. The fraction of sp³-hybridized carbons (Fsp3) is 0.833. The third-order valence-corrected chi connectivity index (χ3v) is 1.45. The molecule has 0 rings (SSSR count). The minimum Gasteiger partial charge on any atom is -0.383 e. The molecule has 0 saturated heterocycles. The van der Waals surface area contributed by atoms with Crippen molar-refractivity contribution in [2.24, 2.45) is 0 Å². The number of thioether (sulfide) groups is 1. The number of carbonyl (C=O) groups excluding carboxylic acids is 1. The Kier molecular flexibility index (Phi) is 5.43. The normalized spacial score (nSPS) is 12.7. The monoisotopic (exact) mass is 163 g/mol. The number of hydrogen-bond donors (Lipinski definition) is 1. The van der Waals surface area contributed by atoms with Crippen molar-refractivity contribution in [1.29, 1.82) is 0 Å². The van der Waals surface area contributed by atoms with E-state index in [-0.39, 0.29) is 11.3 Å². The molecule has 0 heterocycles. The summed E-state index contributed by atoms with van der Waals surface area (Å²) in [5.74, 6) is 0. The lowest BCUT2D eigenvalue weighted by Gasteiger charge is -2.10. The number of carbonyl (C=O) groups is 1. The highest BCUT2D eigenvalue weighted by atomic mass is 32.2.